The number of aromatic nitrogens is 2. The first kappa shape index (κ1) is 15.0. The quantitative estimate of drug-likeness (QED) is 0.843. The van der Waals surface area contributed by atoms with Gasteiger partial charge in [0.1, 0.15) is 17.5 Å². The van der Waals surface area contributed by atoms with Crippen LogP contribution in [-0.2, 0) is 16.0 Å². The van der Waals surface area contributed by atoms with Crippen LogP contribution in [-0.4, -0.2) is 32.4 Å². The van der Waals surface area contributed by atoms with Crippen LogP contribution >= 0.6 is 0 Å². The average molecular weight is 293 g/mol. The van der Waals surface area contributed by atoms with Crippen molar-refractivity contribution in [2.75, 3.05) is 0 Å². The van der Waals surface area contributed by atoms with Gasteiger partial charge in [-0.15, -0.1) is 0 Å². The van der Waals surface area contributed by atoms with Gasteiger partial charge in [-0.2, -0.15) is 0 Å². The predicted octanol–water partition coefficient (Wildman–Crippen LogP) is 1.39. The molecular weight excluding hydrogens is 277 g/mol. The molecule has 0 radical (unpaired) electrons. The van der Waals surface area contributed by atoms with Crippen LogP contribution in [0.15, 0.2) is 24.5 Å². The molecule has 2 heterocycles. The van der Waals surface area contributed by atoms with Crippen LogP contribution in [0.4, 0.5) is 4.39 Å². The van der Waals surface area contributed by atoms with E-state index in [0.29, 0.717) is 24.2 Å². The number of pyridine rings is 1. The molecule has 6 nitrogen and oxygen atoms in total. The van der Waals surface area contributed by atoms with Crippen LogP contribution in [0.1, 0.15) is 25.5 Å². The number of carbonyl (C=O) groups excluding carboxylic acids is 1. The molecule has 2 aromatic rings. The molecule has 112 valence electrons. The third-order valence-corrected chi connectivity index (χ3v) is 3.02. The third kappa shape index (κ3) is 3.77. The molecule has 0 saturated carbocycles. The van der Waals surface area contributed by atoms with Gasteiger partial charge in [-0.3, -0.25) is 4.79 Å². The number of carbonyl (C=O) groups is 2. The Morgan fingerprint density at radius 1 is 1.43 bits per heavy atom. The van der Waals surface area contributed by atoms with Gasteiger partial charge in [-0.1, -0.05) is 13.3 Å². The van der Waals surface area contributed by atoms with E-state index in [9.17, 15) is 14.0 Å². The topological polar surface area (TPSA) is 83.7 Å². The number of amides is 1. The number of halogens is 1. The largest absolute Gasteiger partial charge is 0.480 e. The van der Waals surface area contributed by atoms with Gasteiger partial charge in [0.2, 0.25) is 5.91 Å². The number of carboxylic acid groups (broad SMARTS) is 1. The molecule has 0 aliphatic carbocycles. The van der Waals surface area contributed by atoms with Crippen molar-refractivity contribution in [2.45, 2.75) is 32.2 Å². The van der Waals surface area contributed by atoms with Crippen molar-refractivity contribution in [3.63, 3.8) is 0 Å². The van der Waals surface area contributed by atoms with Crippen molar-refractivity contribution in [3.8, 4) is 0 Å². The first-order valence-electron chi connectivity index (χ1n) is 6.65. The zero-order valence-electron chi connectivity index (χ0n) is 11.5. The Morgan fingerprint density at radius 3 is 2.86 bits per heavy atom. The molecule has 1 atom stereocenters. The molecule has 0 aromatic carbocycles. The number of carboxylic acids is 1. The number of hydrogen-bond donors (Lipinski definition) is 2. The van der Waals surface area contributed by atoms with E-state index in [1.807, 2.05) is 6.92 Å². The maximum absolute atomic E-state index is 13.1. The molecule has 0 aliphatic heterocycles. The Kier molecular flexibility index (Phi) is 4.52. The van der Waals surface area contributed by atoms with Crippen LogP contribution in [0, 0.1) is 5.82 Å². The number of fused-ring (bicyclic) bond motifs is 1. The van der Waals surface area contributed by atoms with E-state index in [1.54, 1.807) is 6.20 Å². The highest BCUT2D eigenvalue weighted by atomic mass is 19.1. The molecule has 0 spiro atoms. The molecule has 0 aliphatic rings. The zero-order chi connectivity index (χ0) is 15.4. The zero-order valence-corrected chi connectivity index (χ0v) is 11.5. The van der Waals surface area contributed by atoms with E-state index in [4.69, 9.17) is 5.11 Å². The number of nitrogens with zero attached hydrogens (tertiary/aromatic N) is 2. The normalized spacial score (nSPS) is 12.3. The number of imidazole rings is 1. The van der Waals surface area contributed by atoms with Crippen molar-refractivity contribution >= 4 is 17.5 Å². The Bertz CT molecular complexity index is 669. The second-order valence-corrected chi connectivity index (χ2v) is 4.77. The number of rotatable bonds is 6. The fraction of sp³-hybridized carbons (Fsp3) is 0.357. The van der Waals surface area contributed by atoms with Crippen LogP contribution in [0.25, 0.3) is 5.65 Å². The summed E-state index contributed by atoms with van der Waals surface area (Å²) in [6.45, 7) is 1.85. The Hall–Kier alpha value is -2.44. The van der Waals surface area contributed by atoms with Gasteiger partial charge in [0.05, 0.1) is 12.1 Å². The van der Waals surface area contributed by atoms with Gasteiger partial charge < -0.3 is 14.8 Å². The van der Waals surface area contributed by atoms with Crippen LogP contribution in [0.5, 0.6) is 0 Å². The van der Waals surface area contributed by atoms with Crippen molar-refractivity contribution in [3.05, 3.63) is 36.0 Å². The van der Waals surface area contributed by atoms with E-state index in [-0.39, 0.29) is 6.42 Å². The number of nitrogens with one attached hydrogen (secondary N) is 1. The molecule has 0 saturated heterocycles. The molecule has 2 rings (SSSR count). The summed E-state index contributed by atoms with van der Waals surface area (Å²) in [5, 5.41) is 11.4. The minimum Gasteiger partial charge on any atom is -0.480 e. The Morgan fingerprint density at radius 2 is 2.19 bits per heavy atom. The molecule has 21 heavy (non-hydrogen) atoms. The lowest BCUT2D eigenvalue weighted by Crippen LogP contribution is -2.41. The highest BCUT2D eigenvalue weighted by Gasteiger charge is 2.19. The van der Waals surface area contributed by atoms with E-state index in [2.05, 4.69) is 10.3 Å². The van der Waals surface area contributed by atoms with Gasteiger partial charge in [-0.05, 0) is 18.6 Å². The van der Waals surface area contributed by atoms with E-state index in [0.717, 1.165) is 0 Å². The highest BCUT2D eigenvalue weighted by Crippen LogP contribution is 2.08. The summed E-state index contributed by atoms with van der Waals surface area (Å²) >= 11 is 0. The molecule has 7 heteroatoms. The fourth-order valence-corrected chi connectivity index (χ4v) is 2.06. The molecule has 2 aromatic heterocycles. The lowest BCUT2D eigenvalue weighted by Gasteiger charge is -2.12. The molecular formula is C14H16FN3O3. The first-order chi connectivity index (χ1) is 9.99. The minimum absolute atomic E-state index is 0.0448. The maximum Gasteiger partial charge on any atom is 0.326 e. The SMILES string of the molecule is CCCC(NC(=O)Cc1cn2cc(F)ccc2n1)C(=O)O. The summed E-state index contributed by atoms with van der Waals surface area (Å²) < 4.78 is 14.5. The molecule has 2 N–H and O–H groups in total. The minimum atomic E-state index is -1.05. The fourth-order valence-electron chi connectivity index (χ4n) is 2.06. The van der Waals surface area contributed by atoms with Crippen molar-refractivity contribution in [2.24, 2.45) is 0 Å². The second-order valence-electron chi connectivity index (χ2n) is 4.77. The van der Waals surface area contributed by atoms with Gasteiger partial charge >= 0.3 is 5.97 Å². The predicted molar refractivity (Wildman–Crippen MR) is 73.3 cm³/mol. The molecule has 1 amide bonds. The summed E-state index contributed by atoms with van der Waals surface area (Å²) in [4.78, 5) is 27.0. The summed E-state index contributed by atoms with van der Waals surface area (Å²) in [5.74, 6) is -1.87. The smallest absolute Gasteiger partial charge is 0.326 e. The summed E-state index contributed by atoms with van der Waals surface area (Å²) in [6.07, 6.45) is 3.80. The highest BCUT2D eigenvalue weighted by molar-refractivity contribution is 5.84. The monoisotopic (exact) mass is 293 g/mol. The van der Waals surface area contributed by atoms with Crippen LogP contribution < -0.4 is 5.32 Å². The first-order valence-corrected chi connectivity index (χ1v) is 6.65. The molecule has 0 bridgehead atoms. The lowest BCUT2D eigenvalue weighted by molar-refractivity contribution is -0.141. The van der Waals surface area contributed by atoms with Crippen LogP contribution in [0.2, 0.25) is 0 Å². The number of aliphatic carboxylic acids is 1. The van der Waals surface area contributed by atoms with Gasteiger partial charge in [0.15, 0.2) is 0 Å². The summed E-state index contributed by atoms with van der Waals surface area (Å²) in [6, 6.07) is 1.90. The van der Waals surface area contributed by atoms with Crippen molar-refractivity contribution in [1.82, 2.24) is 14.7 Å². The van der Waals surface area contributed by atoms with Gasteiger partial charge in [0.25, 0.3) is 0 Å². The lowest BCUT2D eigenvalue weighted by atomic mass is 10.1. The average Bonchev–Trinajstić information content (AvgIpc) is 2.79. The second kappa shape index (κ2) is 6.34. The standard InChI is InChI=1S/C14H16FN3O3/c1-2-3-11(14(20)21)17-13(19)6-10-8-18-7-9(15)4-5-12(18)16-10/h4-5,7-8,11H,2-3,6H2,1H3,(H,17,19)(H,20,21). The van der Waals surface area contributed by atoms with Crippen LogP contribution in [0.3, 0.4) is 0 Å². The van der Waals surface area contributed by atoms with E-state index < -0.39 is 23.7 Å². The molecule has 0 fully saturated rings. The summed E-state index contributed by atoms with van der Waals surface area (Å²) in [5.41, 5.74) is 0.987. The number of hydrogen-bond acceptors (Lipinski definition) is 3. The van der Waals surface area contributed by atoms with E-state index in [1.165, 1.54) is 22.7 Å². The van der Waals surface area contributed by atoms with Crippen molar-refractivity contribution in [1.29, 1.82) is 0 Å². The molecule has 1 unspecified atom stereocenters. The Balaban J connectivity index is 2.05. The maximum atomic E-state index is 13.1. The summed E-state index contributed by atoms with van der Waals surface area (Å²) in [7, 11) is 0. The van der Waals surface area contributed by atoms with Gasteiger partial charge in [0, 0.05) is 12.4 Å². The van der Waals surface area contributed by atoms with Gasteiger partial charge in [-0.25, -0.2) is 14.2 Å². The Labute approximate surface area is 120 Å². The van der Waals surface area contributed by atoms with Crippen molar-refractivity contribution < 1.29 is 19.1 Å². The third-order valence-electron chi connectivity index (χ3n) is 3.02. The van der Waals surface area contributed by atoms with E-state index >= 15 is 0 Å².